The molecule has 0 spiro atoms. The van der Waals surface area contributed by atoms with Gasteiger partial charge in [0, 0.05) is 17.3 Å². The number of halogens is 1. The topological polar surface area (TPSA) is 72.2 Å². The molecule has 0 fully saturated rings. The number of hydrogen-bond donors (Lipinski definition) is 1. The summed E-state index contributed by atoms with van der Waals surface area (Å²) in [4.78, 5) is 11.1. The third kappa shape index (κ3) is 3.25. The van der Waals surface area contributed by atoms with Crippen LogP contribution in [-0.4, -0.2) is 29.8 Å². The summed E-state index contributed by atoms with van der Waals surface area (Å²) in [7, 11) is -1.51. The van der Waals surface area contributed by atoms with Crippen molar-refractivity contribution >= 4 is 32.7 Å². The first-order valence-corrected chi connectivity index (χ1v) is 8.22. The highest BCUT2D eigenvalue weighted by Gasteiger charge is 2.35. The molecule has 1 unspecified atom stereocenters. The highest BCUT2D eigenvalue weighted by atomic mass is 79.9. The van der Waals surface area contributed by atoms with Crippen LogP contribution in [0.3, 0.4) is 0 Å². The van der Waals surface area contributed by atoms with E-state index in [1.165, 1.54) is 13.8 Å². The average molecular weight is 351 g/mol. The van der Waals surface area contributed by atoms with Gasteiger partial charge < -0.3 is 5.11 Å². The van der Waals surface area contributed by atoms with Gasteiger partial charge in [-0.1, -0.05) is 6.92 Å². The predicted molar refractivity (Wildman–Crippen MR) is 78.5 cm³/mol. The first-order chi connectivity index (χ1) is 8.75. The van der Waals surface area contributed by atoms with E-state index in [1.807, 2.05) is 13.8 Å². The van der Waals surface area contributed by atoms with Crippen molar-refractivity contribution in [3.63, 3.8) is 0 Å². The van der Waals surface area contributed by atoms with Crippen molar-refractivity contribution in [3.05, 3.63) is 15.9 Å². The number of carbonyl (C=O) groups is 1. The predicted octanol–water partition coefficient (Wildman–Crippen LogP) is 2.34. The van der Waals surface area contributed by atoms with Crippen molar-refractivity contribution in [2.75, 3.05) is 0 Å². The van der Waals surface area contributed by atoms with Gasteiger partial charge in [0.1, 0.15) is 4.75 Å². The molecule has 1 N–H and O–H groups in total. The molecule has 0 aliphatic rings. The molecule has 5 nitrogen and oxygen atoms in total. The van der Waals surface area contributed by atoms with Gasteiger partial charge in [0.05, 0.1) is 21.6 Å². The van der Waals surface area contributed by atoms with E-state index in [9.17, 15) is 9.00 Å². The van der Waals surface area contributed by atoms with Crippen LogP contribution in [0, 0.1) is 0 Å². The summed E-state index contributed by atoms with van der Waals surface area (Å²) in [6.45, 7) is 7.57. The van der Waals surface area contributed by atoms with E-state index in [4.69, 9.17) is 5.11 Å². The van der Waals surface area contributed by atoms with Crippen molar-refractivity contribution in [3.8, 4) is 0 Å². The SMILES string of the molecule is CCc1nn(CC)c(CS(=O)C(C)(C)C(=O)O)c1Br. The minimum atomic E-state index is -1.51. The lowest BCUT2D eigenvalue weighted by Crippen LogP contribution is -2.37. The number of hydrogen-bond acceptors (Lipinski definition) is 3. The van der Waals surface area contributed by atoms with Gasteiger partial charge in [-0.3, -0.25) is 13.7 Å². The lowest BCUT2D eigenvalue weighted by atomic mass is 10.2. The van der Waals surface area contributed by atoms with E-state index in [0.717, 1.165) is 22.3 Å². The van der Waals surface area contributed by atoms with Gasteiger partial charge in [-0.25, -0.2) is 0 Å². The van der Waals surface area contributed by atoms with E-state index in [2.05, 4.69) is 21.0 Å². The number of aliphatic carboxylic acids is 1. The third-order valence-corrected chi connectivity index (χ3v) is 5.81. The molecule has 0 amide bonds. The van der Waals surface area contributed by atoms with Crippen LogP contribution in [0.4, 0.5) is 0 Å². The molecule has 1 rings (SSSR count). The van der Waals surface area contributed by atoms with E-state index in [1.54, 1.807) is 4.68 Å². The Morgan fingerprint density at radius 3 is 2.47 bits per heavy atom. The Bertz CT molecular complexity index is 511. The minimum Gasteiger partial charge on any atom is -0.480 e. The fourth-order valence-electron chi connectivity index (χ4n) is 1.56. The van der Waals surface area contributed by atoms with Crippen molar-refractivity contribution in [2.45, 2.75) is 51.2 Å². The zero-order valence-electron chi connectivity index (χ0n) is 11.6. The Morgan fingerprint density at radius 1 is 1.47 bits per heavy atom. The van der Waals surface area contributed by atoms with Crippen LogP contribution < -0.4 is 0 Å². The van der Waals surface area contributed by atoms with Crippen LogP contribution in [0.25, 0.3) is 0 Å². The fraction of sp³-hybridized carbons (Fsp3) is 0.667. The van der Waals surface area contributed by atoms with Crippen molar-refractivity contribution in [2.24, 2.45) is 0 Å². The second kappa shape index (κ2) is 6.17. The second-order valence-electron chi connectivity index (χ2n) is 4.68. The summed E-state index contributed by atoms with van der Waals surface area (Å²) >= 11 is 3.47. The molecule has 0 radical (unpaired) electrons. The Hall–Kier alpha value is -0.690. The van der Waals surface area contributed by atoms with E-state index >= 15 is 0 Å². The minimum absolute atomic E-state index is 0.181. The van der Waals surface area contributed by atoms with Gasteiger partial charge in [0.15, 0.2) is 0 Å². The molecule has 0 saturated heterocycles. The molecule has 0 bridgehead atoms. The molecule has 19 heavy (non-hydrogen) atoms. The Morgan fingerprint density at radius 2 is 2.05 bits per heavy atom. The standard InChI is InChI=1S/C12H19BrN2O3S/c1-5-8-10(13)9(15(6-2)14-8)7-19(18)12(3,4)11(16)17/h5-7H2,1-4H3,(H,16,17). The Labute approximate surface area is 124 Å². The van der Waals surface area contributed by atoms with Crippen LogP contribution in [0.5, 0.6) is 0 Å². The lowest BCUT2D eigenvalue weighted by Gasteiger charge is -2.18. The van der Waals surface area contributed by atoms with Crippen molar-refractivity contribution in [1.29, 1.82) is 0 Å². The van der Waals surface area contributed by atoms with E-state index in [-0.39, 0.29) is 5.75 Å². The van der Waals surface area contributed by atoms with Crippen molar-refractivity contribution < 1.29 is 14.1 Å². The molecule has 0 aliphatic carbocycles. The summed E-state index contributed by atoms with van der Waals surface area (Å²) in [6, 6.07) is 0. The molecule has 1 aromatic heterocycles. The number of carboxylic acid groups (broad SMARTS) is 1. The third-order valence-electron chi connectivity index (χ3n) is 3.05. The van der Waals surface area contributed by atoms with Gasteiger partial charge in [0.2, 0.25) is 0 Å². The first-order valence-electron chi connectivity index (χ1n) is 6.11. The number of aryl methyl sites for hydroxylation is 2. The summed E-state index contributed by atoms with van der Waals surface area (Å²) in [6.07, 6.45) is 0.773. The smallest absolute Gasteiger partial charge is 0.321 e. The maximum absolute atomic E-state index is 12.3. The van der Waals surface area contributed by atoms with Gasteiger partial charge in [-0.05, 0) is 43.1 Å². The summed E-state index contributed by atoms with van der Waals surface area (Å²) in [5.74, 6) is -0.874. The number of nitrogens with zero attached hydrogens (tertiary/aromatic N) is 2. The Kier molecular flexibility index (Phi) is 5.32. The molecule has 0 aliphatic heterocycles. The summed E-state index contributed by atoms with van der Waals surface area (Å²) in [5, 5.41) is 13.5. The van der Waals surface area contributed by atoms with Gasteiger partial charge in [-0.15, -0.1) is 0 Å². The summed E-state index contributed by atoms with van der Waals surface area (Å²) in [5.41, 5.74) is 1.70. The maximum atomic E-state index is 12.3. The number of rotatable bonds is 6. The van der Waals surface area contributed by atoms with Crippen LogP contribution in [0.2, 0.25) is 0 Å². The highest BCUT2D eigenvalue weighted by molar-refractivity contribution is 9.10. The quantitative estimate of drug-likeness (QED) is 0.854. The fourth-order valence-corrected chi connectivity index (χ4v) is 3.54. The molecule has 108 valence electrons. The van der Waals surface area contributed by atoms with Crippen LogP contribution in [0.15, 0.2) is 4.47 Å². The van der Waals surface area contributed by atoms with Crippen LogP contribution in [0.1, 0.15) is 39.1 Å². The van der Waals surface area contributed by atoms with E-state index in [0.29, 0.717) is 6.54 Å². The molecule has 1 atom stereocenters. The molecular weight excluding hydrogens is 332 g/mol. The molecule has 0 aromatic carbocycles. The molecule has 7 heteroatoms. The van der Waals surface area contributed by atoms with Crippen molar-refractivity contribution in [1.82, 2.24) is 9.78 Å². The average Bonchev–Trinajstić information content (AvgIpc) is 2.65. The molecule has 1 heterocycles. The maximum Gasteiger partial charge on any atom is 0.321 e. The largest absolute Gasteiger partial charge is 0.480 e. The normalized spacial score (nSPS) is 13.5. The summed E-state index contributed by atoms with van der Waals surface area (Å²) < 4.78 is 13.6. The lowest BCUT2D eigenvalue weighted by molar-refractivity contribution is -0.139. The number of carboxylic acids is 1. The second-order valence-corrected chi connectivity index (χ2v) is 7.48. The zero-order chi connectivity index (χ0) is 14.8. The zero-order valence-corrected chi connectivity index (χ0v) is 14.0. The molecule has 1 aromatic rings. The number of aromatic nitrogens is 2. The van der Waals surface area contributed by atoms with Gasteiger partial charge >= 0.3 is 5.97 Å². The van der Waals surface area contributed by atoms with Gasteiger partial charge in [-0.2, -0.15) is 5.10 Å². The van der Waals surface area contributed by atoms with Crippen LogP contribution >= 0.6 is 15.9 Å². The monoisotopic (exact) mass is 350 g/mol. The van der Waals surface area contributed by atoms with E-state index < -0.39 is 21.5 Å². The molecule has 0 saturated carbocycles. The van der Waals surface area contributed by atoms with Crippen LogP contribution in [-0.2, 0) is 34.3 Å². The molecular formula is C12H19BrN2O3S. The highest BCUT2D eigenvalue weighted by Crippen LogP contribution is 2.26. The first kappa shape index (κ1) is 16.4. The van der Waals surface area contributed by atoms with Gasteiger partial charge in [0.25, 0.3) is 0 Å². The Balaban J connectivity index is 3.09.